The first-order valence-corrected chi connectivity index (χ1v) is 11.2. The fraction of sp³-hybridized carbons (Fsp3) is 0.417. The molecule has 0 radical (unpaired) electrons. The molecule has 5 rings (SSSR count). The summed E-state index contributed by atoms with van der Waals surface area (Å²) < 4.78 is 5.83. The summed E-state index contributed by atoms with van der Waals surface area (Å²) in [7, 11) is 0. The minimum atomic E-state index is -0.231. The quantitative estimate of drug-likeness (QED) is 0.680. The summed E-state index contributed by atoms with van der Waals surface area (Å²) in [6, 6.07) is 10.7. The van der Waals surface area contributed by atoms with Gasteiger partial charge in [0.15, 0.2) is 5.76 Å². The summed E-state index contributed by atoms with van der Waals surface area (Å²) in [4.78, 5) is 41.2. The van der Waals surface area contributed by atoms with E-state index < -0.39 is 0 Å². The Hall–Kier alpha value is -3.42. The minimum Gasteiger partial charge on any atom is -0.456 e. The first kappa shape index (κ1) is 20.5. The molecular formula is C24H26N4O4. The molecule has 1 aliphatic carbocycles. The fourth-order valence-corrected chi connectivity index (χ4v) is 4.78. The van der Waals surface area contributed by atoms with Gasteiger partial charge >= 0.3 is 0 Å². The Kier molecular flexibility index (Phi) is 5.51. The molecule has 2 fully saturated rings. The van der Waals surface area contributed by atoms with E-state index in [0.29, 0.717) is 49.4 Å². The molecule has 3 aromatic rings. The van der Waals surface area contributed by atoms with Crippen LogP contribution in [-0.2, 0) is 11.2 Å². The molecule has 8 nitrogen and oxygen atoms in total. The Morgan fingerprint density at radius 3 is 2.41 bits per heavy atom. The first-order chi connectivity index (χ1) is 15.6. The maximum absolute atomic E-state index is 12.9. The van der Waals surface area contributed by atoms with Crippen LogP contribution in [0.3, 0.4) is 0 Å². The van der Waals surface area contributed by atoms with Crippen LogP contribution in [0.5, 0.6) is 0 Å². The number of carbonyl (C=O) groups excluding carboxylic acids is 2. The summed E-state index contributed by atoms with van der Waals surface area (Å²) in [5.41, 5.74) is 0.456. The van der Waals surface area contributed by atoms with Gasteiger partial charge in [-0.25, -0.2) is 5.10 Å². The summed E-state index contributed by atoms with van der Waals surface area (Å²) in [6.45, 7) is 2.17. The van der Waals surface area contributed by atoms with Crippen LogP contribution in [0, 0.1) is 5.92 Å². The number of amides is 2. The summed E-state index contributed by atoms with van der Waals surface area (Å²) in [5.74, 6) is 1.14. The average molecular weight is 434 g/mol. The zero-order valence-electron chi connectivity index (χ0n) is 17.9. The Balaban J connectivity index is 1.24. The van der Waals surface area contributed by atoms with Gasteiger partial charge in [-0.2, -0.15) is 5.10 Å². The molecule has 0 atom stereocenters. The maximum Gasteiger partial charge on any atom is 0.289 e. The number of aromatic nitrogens is 2. The third kappa shape index (κ3) is 3.92. The molecule has 1 aromatic carbocycles. The zero-order chi connectivity index (χ0) is 22.1. The molecule has 0 bridgehead atoms. The highest BCUT2D eigenvalue weighted by Crippen LogP contribution is 2.27. The predicted molar refractivity (Wildman–Crippen MR) is 118 cm³/mol. The van der Waals surface area contributed by atoms with Gasteiger partial charge in [-0.05, 0) is 31.0 Å². The monoisotopic (exact) mass is 434 g/mol. The van der Waals surface area contributed by atoms with Gasteiger partial charge in [0.1, 0.15) is 5.76 Å². The molecule has 32 heavy (non-hydrogen) atoms. The number of fused-ring (bicyclic) bond motifs is 1. The van der Waals surface area contributed by atoms with Crippen molar-refractivity contribution in [1.82, 2.24) is 20.0 Å². The third-order valence-electron chi connectivity index (χ3n) is 6.57. The number of hydrogen-bond donors (Lipinski definition) is 1. The lowest BCUT2D eigenvalue weighted by molar-refractivity contribution is -0.136. The van der Waals surface area contributed by atoms with Gasteiger partial charge in [0.25, 0.3) is 11.5 Å². The highest BCUT2D eigenvalue weighted by Gasteiger charge is 2.31. The van der Waals surface area contributed by atoms with Crippen LogP contribution in [0.2, 0.25) is 0 Å². The number of furan rings is 1. The summed E-state index contributed by atoms with van der Waals surface area (Å²) in [6.07, 6.45) is 4.63. The van der Waals surface area contributed by atoms with E-state index in [4.69, 9.17) is 4.42 Å². The molecule has 2 aliphatic rings. The summed E-state index contributed by atoms with van der Waals surface area (Å²) in [5, 5.41) is 8.04. The lowest BCUT2D eigenvalue weighted by Crippen LogP contribution is -2.51. The van der Waals surface area contributed by atoms with Crippen LogP contribution < -0.4 is 5.56 Å². The third-order valence-corrected chi connectivity index (χ3v) is 6.57. The lowest BCUT2D eigenvalue weighted by atomic mass is 10.1. The van der Waals surface area contributed by atoms with Gasteiger partial charge in [-0.15, -0.1) is 0 Å². The number of nitrogens with one attached hydrogen (secondary N) is 1. The molecule has 1 saturated carbocycles. The van der Waals surface area contributed by atoms with Crippen LogP contribution >= 0.6 is 0 Å². The van der Waals surface area contributed by atoms with E-state index >= 15 is 0 Å². The van der Waals surface area contributed by atoms with Gasteiger partial charge < -0.3 is 14.2 Å². The van der Waals surface area contributed by atoms with E-state index in [9.17, 15) is 14.4 Å². The largest absolute Gasteiger partial charge is 0.456 e. The van der Waals surface area contributed by atoms with Gasteiger partial charge in [0.2, 0.25) is 5.91 Å². The zero-order valence-corrected chi connectivity index (χ0v) is 17.9. The number of hydrogen-bond acceptors (Lipinski definition) is 5. The van der Waals surface area contributed by atoms with Crippen molar-refractivity contribution < 1.29 is 14.0 Å². The second-order valence-electron chi connectivity index (χ2n) is 8.59. The first-order valence-electron chi connectivity index (χ1n) is 11.2. The van der Waals surface area contributed by atoms with Gasteiger partial charge in [-0.1, -0.05) is 31.0 Å². The molecule has 8 heteroatoms. The minimum absolute atomic E-state index is 0.163. The lowest BCUT2D eigenvalue weighted by Gasteiger charge is -2.35. The van der Waals surface area contributed by atoms with Crippen molar-refractivity contribution in [2.75, 3.05) is 26.2 Å². The Morgan fingerprint density at radius 1 is 0.969 bits per heavy atom. The van der Waals surface area contributed by atoms with Crippen LogP contribution in [-0.4, -0.2) is 58.0 Å². The number of nitrogens with zero attached hydrogens (tertiary/aromatic N) is 3. The maximum atomic E-state index is 12.9. The van der Waals surface area contributed by atoms with Crippen LogP contribution in [0.1, 0.15) is 47.7 Å². The Morgan fingerprint density at radius 2 is 1.66 bits per heavy atom. The number of aromatic amines is 1. The molecule has 1 N–H and O–H groups in total. The fourth-order valence-electron chi connectivity index (χ4n) is 4.78. The molecule has 2 aromatic heterocycles. The predicted octanol–water partition coefficient (Wildman–Crippen LogP) is 2.58. The van der Waals surface area contributed by atoms with E-state index in [0.717, 1.165) is 31.1 Å². The van der Waals surface area contributed by atoms with Crippen molar-refractivity contribution in [3.63, 3.8) is 0 Å². The van der Waals surface area contributed by atoms with E-state index in [1.165, 1.54) is 0 Å². The van der Waals surface area contributed by atoms with Crippen molar-refractivity contribution >= 4 is 22.6 Å². The van der Waals surface area contributed by atoms with Crippen LogP contribution in [0.25, 0.3) is 10.8 Å². The molecule has 166 valence electrons. The number of benzene rings is 1. The molecule has 0 unspecified atom stereocenters. The highest BCUT2D eigenvalue weighted by molar-refractivity contribution is 5.92. The van der Waals surface area contributed by atoms with Crippen LogP contribution in [0.4, 0.5) is 0 Å². The van der Waals surface area contributed by atoms with Gasteiger partial charge in [0.05, 0.1) is 17.5 Å². The molecule has 0 spiro atoms. The molecule has 1 saturated heterocycles. The average Bonchev–Trinajstić information content (AvgIpc) is 3.53. The highest BCUT2D eigenvalue weighted by atomic mass is 16.4. The topological polar surface area (TPSA) is 99.5 Å². The Labute approximate surface area is 185 Å². The normalized spacial score (nSPS) is 17.2. The van der Waals surface area contributed by atoms with E-state index in [2.05, 4.69) is 10.2 Å². The SMILES string of the molecule is O=C(c1ccc(Cc2n[nH]c(=O)c3ccccc23)o1)N1CCN(C(=O)C2CCCC2)CC1. The smallest absolute Gasteiger partial charge is 0.289 e. The number of H-pyrrole nitrogens is 1. The second-order valence-corrected chi connectivity index (χ2v) is 8.59. The standard InChI is InChI=1S/C24H26N4O4/c29-22-19-8-4-3-7-18(19)20(25-26-22)15-17-9-10-21(32-17)24(31)28-13-11-27(12-14-28)23(30)16-5-1-2-6-16/h3-4,7-10,16H,1-2,5-6,11-15H2,(H,26,29). The van der Waals surface area contributed by atoms with Crippen molar-refractivity contribution in [2.24, 2.45) is 5.92 Å². The van der Waals surface area contributed by atoms with Gasteiger partial charge in [-0.3, -0.25) is 14.4 Å². The van der Waals surface area contributed by atoms with Crippen molar-refractivity contribution in [1.29, 1.82) is 0 Å². The van der Waals surface area contributed by atoms with E-state index in [1.807, 2.05) is 23.1 Å². The second kappa shape index (κ2) is 8.61. The molecule has 2 amide bonds. The van der Waals surface area contributed by atoms with Crippen molar-refractivity contribution in [3.8, 4) is 0 Å². The van der Waals surface area contributed by atoms with Crippen molar-refractivity contribution in [3.05, 3.63) is 64.0 Å². The van der Waals surface area contributed by atoms with Crippen LogP contribution in [0.15, 0.2) is 45.6 Å². The number of carbonyl (C=O) groups is 2. The molecule has 1 aliphatic heterocycles. The van der Waals surface area contributed by atoms with E-state index in [-0.39, 0.29) is 29.1 Å². The Bertz CT molecular complexity index is 1200. The van der Waals surface area contributed by atoms with E-state index in [1.54, 1.807) is 23.1 Å². The summed E-state index contributed by atoms with van der Waals surface area (Å²) >= 11 is 0. The van der Waals surface area contributed by atoms with Gasteiger partial charge in [0, 0.05) is 37.5 Å². The molecule has 3 heterocycles. The van der Waals surface area contributed by atoms with Crippen molar-refractivity contribution in [2.45, 2.75) is 32.1 Å². The number of piperazine rings is 1. The molecular weight excluding hydrogens is 408 g/mol. The number of rotatable bonds is 4.